The van der Waals surface area contributed by atoms with Crippen LogP contribution in [0.2, 0.25) is 0 Å². The highest BCUT2D eigenvalue weighted by Gasteiger charge is 2.16. The number of fused-ring (bicyclic) bond motifs is 1. The first-order chi connectivity index (χ1) is 18.1. The number of aryl methyl sites for hydroxylation is 1. The van der Waals surface area contributed by atoms with E-state index in [9.17, 15) is 10.1 Å². The molecule has 1 aromatic heterocycles. The molecule has 0 aliphatic heterocycles. The quantitative estimate of drug-likeness (QED) is 0.260. The van der Waals surface area contributed by atoms with E-state index in [1.54, 1.807) is 18.5 Å². The van der Waals surface area contributed by atoms with Crippen LogP contribution in [0, 0.1) is 11.3 Å². The highest BCUT2D eigenvalue weighted by molar-refractivity contribution is 5.98. The standard InChI is InChI=1S/C31H26N4O2/c1-34-21-33-18-27(34)20-35(19-22-10-12-24(13-11-22)31(36)37-2)26-15-14-25(17-32)30(16-26)29-9-5-7-23-6-3-4-8-28(23)29/h3-16,18,21H,19-20H2,1-2H3. The van der Waals surface area contributed by atoms with Crippen LogP contribution in [0.4, 0.5) is 5.69 Å². The zero-order valence-electron chi connectivity index (χ0n) is 20.8. The van der Waals surface area contributed by atoms with E-state index in [0.717, 1.165) is 38.8 Å². The van der Waals surface area contributed by atoms with Gasteiger partial charge in [0.15, 0.2) is 0 Å². The van der Waals surface area contributed by atoms with E-state index < -0.39 is 0 Å². The van der Waals surface area contributed by atoms with Gasteiger partial charge in [-0.3, -0.25) is 0 Å². The Morgan fingerprint density at radius 3 is 2.49 bits per heavy atom. The van der Waals surface area contributed by atoms with Crippen LogP contribution in [0.1, 0.15) is 27.2 Å². The van der Waals surface area contributed by atoms with Crippen molar-refractivity contribution in [1.29, 1.82) is 5.26 Å². The Bertz CT molecular complexity index is 1610. The number of imidazole rings is 1. The topological polar surface area (TPSA) is 71.2 Å². The molecule has 5 aromatic rings. The van der Waals surface area contributed by atoms with Gasteiger partial charge in [-0.05, 0) is 52.2 Å². The molecule has 0 atom stereocenters. The number of carbonyl (C=O) groups excluding carboxylic acids is 1. The fourth-order valence-electron chi connectivity index (χ4n) is 4.56. The summed E-state index contributed by atoms with van der Waals surface area (Å²) in [6, 6.07) is 30.2. The average Bonchev–Trinajstić information content (AvgIpc) is 3.36. The van der Waals surface area contributed by atoms with Gasteiger partial charge in [0.2, 0.25) is 0 Å². The van der Waals surface area contributed by atoms with Gasteiger partial charge in [-0.1, -0.05) is 54.6 Å². The van der Waals surface area contributed by atoms with Crippen molar-refractivity contribution < 1.29 is 9.53 Å². The second kappa shape index (κ2) is 10.4. The lowest BCUT2D eigenvalue weighted by Gasteiger charge is -2.26. The van der Waals surface area contributed by atoms with Gasteiger partial charge in [0.25, 0.3) is 0 Å². The van der Waals surface area contributed by atoms with Crippen LogP contribution in [0.25, 0.3) is 21.9 Å². The summed E-state index contributed by atoms with van der Waals surface area (Å²) >= 11 is 0. The van der Waals surface area contributed by atoms with Crippen molar-refractivity contribution in [2.75, 3.05) is 12.0 Å². The van der Waals surface area contributed by atoms with Crippen molar-refractivity contribution in [2.45, 2.75) is 13.1 Å². The molecule has 0 fully saturated rings. The molecule has 4 aromatic carbocycles. The molecule has 37 heavy (non-hydrogen) atoms. The van der Waals surface area contributed by atoms with Crippen LogP contribution in [0.15, 0.2) is 97.5 Å². The average molecular weight is 487 g/mol. The molecule has 0 N–H and O–H groups in total. The largest absolute Gasteiger partial charge is 0.465 e. The fraction of sp³-hybridized carbons (Fsp3) is 0.129. The molecule has 6 heteroatoms. The second-order valence-corrected chi connectivity index (χ2v) is 8.91. The number of nitriles is 1. The number of esters is 1. The van der Waals surface area contributed by atoms with Gasteiger partial charge < -0.3 is 14.2 Å². The predicted octanol–water partition coefficient (Wildman–Crippen LogP) is 6.11. The van der Waals surface area contributed by atoms with E-state index in [0.29, 0.717) is 24.2 Å². The summed E-state index contributed by atoms with van der Waals surface area (Å²) < 4.78 is 6.83. The number of nitrogens with zero attached hydrogens (tertiary/aromatic N) is 4. The van der Waals surface area contributed by atoms with Crippen LogP contribution in [-0.2, 0) is 24.9 Å². The summed E-state index contributed by atoms with van der Waals surface area (Å²) in [6.45, 7) is 1.23. The lowest BCUT2D eigenvalue weighted by atomic mass is 9.94. The van der Waals surface area contributed by atoms with Gasteiger partial charge in [-0.25, -0.2) is 9.78 Å². The number of rotatable bonds is 7. The molecule has 182 valence electrons. The lowest BCUT2D eigenvalue weighted by molar-refractivity contribution is 0.0600. The molecule has 1 heterocycles. The molecule has 0 saturated heterocycles. The van der Waals surface area contributed by atoms with Gasteiger partial charge in [-0.2, -0.15) is 5.26 Å². The van der Waals surface area contributed by atoms with E-state index in [1.165, 1.54) is 7.11 Å². The molecule has 0 spiro atoms. The van der Waals surface area contributed by atoms with Gasteiger partial charge in [0.05, 0.1) is 42.9 Å². The van der Waals surface area contributed by atoms with Crippen molar-refractivity contribution >= 4 is 22.4 Å². The predicted molar refractivity (Wildman–Crippen MR) is 145 cm³/mol. The Morgan fingerprint density at radius 2 is 1.76 bits per heavy atom. The SMILES string of the molecule is COC(=O)c1ccc(CN(Cc2cncn2C)c2ccc(C#N)c(-c3cccc4ccccc34)c2)cc1. The van der Waals surface area contributed by atoms with E-state index >= 15 is 0 Å². The van der Waals surface area contributed by atoms with Crippen molar-refractivity contribution in [3.8, 4) is 17.2 Å². The van der Waals surface area contributed by atoms with E-state index in [4.69, 9.17) is 4.74 Å². The van der Waals surface area contributed by atoms with E-state index in [-0.39, 0.29) is 5.97 Å². The van der Waals surface area contributed by atoms with E-state index in [2.05, 4.69) is 46.3 Å². The van der Waals surface area contributed by atoms with Crippen LogP contribution < -0.4 is 4.90 Å². The molecular weight excluding hydrogens is 460 g/mol. The Labute approximate surface area is 216 Å². The first-order valence-electron chi connectivity index (χ1n) is 12.0. The number of carbonyl (C=O) groups is 1. The molecule has 0 unspecified atom stereocenters. The van der Waals surface area contributed by atoms with Gasteiger partial charge in [-0.15, -0.1) is 0 Å². The summed E-state index contributed by atoms with van der Waals surface area (Å²) in [5.41, 5.74) is 6.16. The summed E-state index contributed by atoms with van der Waals surface area (Å²) in [5, 5.41) is 12.2. The van der Waals surface area contributed by atoms with Crippen molar-refractivity contribution in [1.82, 2.24) is 9.55 Å². The Morgan fingerprint density at radius 1 is 0.973 bits per heavy atom. The monoisotopic (exact) mass is 486 g/mol. The third kappa shape index (κ3) is 4.93. The minimum atomic E-state index is -0.356. The Kier molecular flexibility index (Phi) is 6.69. The van der Waals surface area contributed by atoms with Crippen LogP contribution >= 0.6 is 0 Å². The summed E-state index contributed by atoms with van der Waals surface area (Å²) in [7, 11) is 3.36. The smallest absolute Gasteiger partial charge is 0.337 e. The molecule has 0 bridgehead atoms. The first kappa shape index (κ1) is 23.8. The number of benzene rings is 4. The number of aromatic nitrogens is 2. The number of anilines is 1. The summed E-state index contributed by atoms with van der Waals surface area (Å²) in [4.78, 5) is 18.4. The van der Waals surface area contributed by atoms with Crippen LogP contribution in [-0.4, -0.2) is 22.6 Å². The lowest BCUT2D eigenvalue weighted by Crippen LogP contribution is -2.23. The summed E-state index contributed by atoms with van der Waals surface area (Å²) in [5.74, 6) is -0.356. The highest BCUT2D eigenvalue weighted by atomic mass is 16.5. The maximum Gasteiger partial charge on any atom is 0.337 e. The maximum atomic E-state index is 11.9. The van der Waals surface area contributed by atoms with E-state index in [1.807, 2.05) is 60.3 Å². The Hall–Kier alpha value is -4.89. The minimum absolute atomic E-state index is 0.356. The molecule has 0 aliphatic rings. The first-order valence-corrected chi connectivity index (χ1v) is 12.0. The van der Waals surface area contributed by atoms with Crippen LogP contribution in [0.5, 0.6) is 0 Å². The van der Waals surface area contributed by atoms with Gasteiger partial charge in [0, 0.05) is 31.0 Å². The zero-order chi connectivity index (χ0) is 25.8. The normalized spacial score (nSPS) is 10.7. The molecule has 5 rings (SSSR count). The molecular formula is C31H26N4O2. The van der Waals surface area contributed by atoms with Crippen molar-refractivity contribution in [3.63, 3.8) is 0 Å². The molecule has 6 nitrogen and oxygen atoms in total. The van der Waals surface area contributed by atoms with Gasteiger partial charge >= 0.3 is 5.97 Å². The fourth-order valence-corrected chi connectivity index (χ4v) is 4.56. The Balaban J connectivity index is 1.58. The number of hydrogen-bond acceptors (Lipinski definition) is 5. The van der Waals surface area contributed by atoms with Gasteiger partial charge in [0.1, 0.15) is 0 Å². The molecule has 0 aliphatic carbocycles. The zero-order valence-corrected chi connectivity index (χ0v) is 20.8. The maximum absolute atomic E-state index is 11.9. The molecule has 0 radical (unpaired) electrons. The van der Waals surface area contributed by atoms with Crippen molar-refractivity contribution in [2.24, 2.45) is 7.05 Å². The van der Waals surface area contributed by atoms with Crippen LogP contribution in [0.3, 0.4) is 0 Å². The highest BCUT2D eigenvalue weighted by Crippen LogP contribution is 2.34. The summed E-state index contributed by atoms with van der Waals surface area (Å²) in [6.07, 6.45) is 3.65. The number of hydrogen-bond donors (Lipinski definition) is 0. The third-order valence-electron chi connectivity index (χ3n) is 6.59. The van der Waals surface area contributed by atoms with Crippen molar-refractivity contribution in [3.05, 3.63) is 120 Å². The number of ether oxygens (including phenoxy) is 1. The molecule has 0 amide bonds. The minimum Gasteiger partial charge on any atom is -0.465 e. The number of methoxy groups -OCH3 is 1. The second-order valence-electron chi connectivity index (χ2n) is 8.91. The molecule has 0 saturated carbocycles. The third-order valence-corrected chi connectivity index (χ3v) is 6.59.